The molecule has 4 N–H and O–H groups in total. The summed E-state index contributed by atoms with van der Waals surface area (Å²) in [6.45, 7) is 1.81. The number of carbonyl (C=O) groups is 2. The molecular formula is C18H15ClN4O2. The third-order valence-electron chi connectivity index (χ3n) is 3.38. The van der Waals surface area contributed by atoms with E-state index in [9.17, 15) is 14.9 Å². The van der Waals surface area contributed by atoms with E-state index in [1.165, 1.54) is 6.20 Å². The smallest absolute Gasteiger partial charge is 0.267 e. The molecule has 7 heteroatoms. The number of hydrogen-bond donors (Lipinski definition) is 3. The monoisotopic (exact) mass is 354 g/mol. The quantitative estimate of drug-likeness (QED) is 0.566. The number of aryl methyl sites for hydroxylation is 1. The van der Waals surface area contributed by atoms with Crippen LogP contribution in [0.1, 0.15) is 15.9 Å². The van der Waals surface area contributed by atoms with Crippen LogP contribution < -0.4 is 16.4 Å². The largest absolute Gasteiger partial charge is 0.366 e. The molecule has 0 atom stereocenters. The Hall–Kier alpha value is -3.30. The van der Waals surface area contributed by atoms with Crippen LogP contribution in [0.3, 0.4) is 0 Å². The van der Waals surface area contributed by atoms with Gasteiger partial charge in [-0.15, -0.1) is 0 Å². The highest BCUT2D eigenvalue weighted by atomic mass is 35.5. The number of hydrogen-bond acceptors (Lipinski definition) is 4. The fraction of sp³-hybridized carbons (Fsp3) is 0.0556. The van der Waals surface area contributed by atoms with E-state index in [4.69, 9.17) is 17.3 Å². The second-order valence-electron chi connectivity index (χ2n) is 5.14. The van der Waals surface area contributed by atoms with Crippen molar-refractivity contribution in [2.45, 2.75) is 6.92 Å². The minimum absolute atomic E-state index is 0.168. The molecule has 0 spiro atoms. The van der Waals surface area contributed by atoms with Crippen LogP contribution in [-0.2, 0) is 4.79 Å². The fourth-order valence-corrected chi connectivity index (χ4v) is 2.21. The molecule has 0 bridgehead atoms. The number of nitrogens with zero attached hydrogens (tertiary/aromatic N) is 1. The highest BCUT2D eigenvalue weighted by Gasteiger charge is 2.12. The van der Waals surface area contributed by atoms with Gasteiger partial charge in [-0.05, 0) is 36.8 Å². The van der Waals surface area contributed by atoms with Gasteiger partial charge in [0.05, 0.1) is 11.3 Å². The van der Waals surface area contributed by atoms with Crippen molar-refractivity contribution in [3.05, 3.63) is 70.4 Å². The van der Waals surface area contributed by atoms with Crippen molar-refractivity contribution >= 4 is 34.8 Å². The van der Waals surface area contributed by atoms with Gasteiger partial charge in [0.2, 0.25) is 0 Å². The van der Waals surface area contributed by atoms with Crippen LogP contribution in [0.25, 0.3) is 0 Å². The number of carbonyl (C=O) groups excluding carboxylic acids is 2. The van der Waals surface area contributed by atoms with Crippen LogP contribution in [0.15, 0.2) is 54.2 Å². The Morgan fingerprint density at radius 2 is 1.92 bits per heavy atom. The summed E-state index contributed by atoms with van der Waals surface area (Å²) in [7, 11) is 0. The molecule has 0 aliphatic rings. The number of halogens is 1. The maximum absolute atomic E-state index is 12.3. The molecule has 6 nitrogen and oxygen atoms in total. The Labute approximate surface area is 149 Å². The number of para-hydroxylation sites is 1. The van der Waals surface area contributed by atoms with Crippen molar-refractivity contribution in [2.24, 2.45) is 5.73 Å². The van der Waals surface area contributed by atoms with Crippen molar-refractivity contribution in [2.75, 3.05) is 10.6 Å². The Balaban J connectivity index is 2.20. The van der Waals surface area contributed by atoms with Gasteiger partial charge in [0.15, 0.2) is 0 Å². The first kappa shape index (κ1) is 18.0. The third-order valence-corrected chi connectivity index (χ3v) is 3.61. The second-order valence-corrected chi connectivity index (χ2v) is 5.57. The van der Waals surface area contributed by atoms with Crippen molar-refractivity contribution < 1.29 is 9.59 Å². The molecule has 0 aromatic heterocycles. The maximum atomic E-state index is 12.3. The first-order chi connectivity index (χ1) is 11.9. The highest BCUT2D eigenvalue weighted by Crippen LogP contribution is 2.21. The van der Waals surface area contributed by atoms with E-state index >= 15 is 0 Å². The second kappa shape index (κ2) is 7.99. The number of nitrogens with two attached hydrogens (primary N) is 1. The topological polar surface area (TPSA) is 108 Å². The predicted molar refractivity (Wildman–Crippen MR) is 97.1 cm³/mol. The number of benzene rings is 2. The molecule has 0 saturated heterocycles. The number of rotatable bonds is 5. The lowest BCUT2D eigenvalue weighted by Crippen LogP contribution is -2.16. The molecule has 0 heterocycles. The third kappa shape index (κ3) is 4.59. The Kier molecular flexibility index (Phi) is 5.77. The molecular weight excluding hydrogens is 340 g/mol. The van der Waals surface area contributed by atoms with Crippen molar-refractivity contribution in [1.82, 2.24) is 0 Å². The van der Waals surface area contributed by atoms with Gasteiger partial charge in [-0.1, -0.05) is 29.8 Å². The zero-order chi connectivity index (χ0) is 18.4. The lowest BCUT2D eigenvalue weighted by atomic mass is 10.1. The zero-order valence-electron chi connectivity index (χ0n) is 13.3. The molecule has 2 amide bonds. The Morgan fingerprint density at radius 3 is 2.60 bits per heavy atom. The van der Waals surface area contributed by atoms with E-state index in [0.717, 1.165) is 5.56 Å². The van der Waals surface area contributed by atoms with Gasteiger partial charge in [0.25, 0.3) is 11.8 Å². The van der Waals surface area contributed by atoms with Crippen molar-refractivity contribution in [3.8, 4) is 6.07 Å². The number of nitriles is 1. The molecule has 2 rings (SSSR count). The van der Waals surface area contributed by atoms with Gasteiger partial charge in [-0.25, -0.2) is 0 Å². The van der Waals surface area contributed by atoms with Crippen LogP contribution in [-0.4, -0.2) is 11.8 Å². The lowest BCUT2D eigenvalue weighted by molar-refractivity contribution is -0.112. The number of primary amides is 1. The molecule has 0 fully saturated rings. The zero-order valence-corrected chi connectivity index (χ0v) is 14.1. The number of amides is 2. The minimum atomic E-state index is -0.617. The van der Waals surface area contributed by atoms with Gasteiger partial charge >= 0.3 is 0 Å². The van der Waals surface area contributed by atoms with Gasteiger partial charge in [-0.3, -0.25) is 9.59 Å². The molecule has 0 unspecified atom stereocenters. The van der Waals surface area contributed by atoms with Crippen LogP contribution in [0.4, 0.5) is 11.4 Å². The molecule has 0 saturated carbocycles. The molecule has 25 heavy (non-hydrogen) atoms. The summed E-state index contributed by atoms with van der Waals surface area (Å²) in [5, 5.41) is 15.1. The normalized spacial score (nSPS) is 10.7. The maximum Gasteiger partial charge on any atom is 0.267 e. The van der Waals surface area contributed by atoms with Gasteiger partial charge in [-0.2, -0.15) is 5.26 Å². The summed E-state index contributed by atoms with van der Waals surface area (Å²) in [6, 6.07) is 13.4. The first-order valence-corrected chi connectivity index (χ1v) is 7.63. The first-order valence-electron chi connectivity index (χ1n) is 7.25. The molecule has 0 aliphatic heterocycles. The van der Waals surface area contributed by atoms with E-state index in [1.54, 1.807) is 42.5 Å². The number of nitrogens with one attached hydrogen (secondary N) is 2. The van der Waals surface area contributed by atoms with E-state index in [0.29, 0.717) is 16.4 Å². The van der Waals surface area contributed by atoms with E-state index in [-0.39, 0.29) is 11.1 Å². The average Bonchev–Trinajstić information content (AvgIpc) is 2.59. The minimum Gasteiger partial charge on any atom is -0.366 e. The summed E-state index contributed by atoms with van der Waals surface area (Å²) in [4.78, 5) is 23.7. The Morgan fingerprint density at radius 1 is 1.20 bits per heavy atom. The fourth-order valence-electron chi connectivity index (χ4n) is 2.04. The number of anilines is 2. The molecule has 0 aliphatic carbocycles. The summed E-state index contributed by atoms with van der Waals surface area (Å²) in [6.07, 6.45) is 1.22. The van der Waals surface area contributed by atoms with E-state index < -0.39 is 11.8 Å². The van der Waals surface area contributed by atoms with E-state index in [2.05, 4.69) is 10.6 Å². The van der Waals surface area contributed by atoms with Gasteiger partial charge in [0.1, 0.15) is 11.6 Å². The lowest BCUT2D eigenvalue weighted by Gasteiger charge is -2.09. The van der Waals surface area contributed by atoms with Crippen LogP contribution in [0.5, 0.6) is 0 Å². The SMILES string of the molecule is Cc1ccc(Cl)cc1NC(=O)/C(C#N)=C\Nc1ccccc1C(N)=O. The molecule has 2 aromatic rings. The van der Waals surface area contributed by atoms with Crippen LogP contribution >= 0.6 is 11.6 Å². The molecule has 0 radical (unpaired) electrons. The summed E-state index contributed by atoms with van der Waals surface area (Å²) >= 11 is 5.91. The van der Waals surface area contributed by atoms with Crippen LogP contribution in [0, 0.1) is 18.3 Å². The van der Waals surface area contributed by atoms with Crippen molar-refractivity contribution in [1.29, 1.82) is 5.26 Å². The summed E-state index contributed by atoms with van der Waals surface area (Å²) < 4.78 is 0. The molecule has 126 valence electrons. The standard InChI is InChI=1S/C18H15ClN4O2/c1-11-6-7-13(19)8-16(11)23-18(25)12(9-20)10-22-15-5-3-2-4-14(15)17(21)24/h2-8,10,22H,1H3,(H2,21,24)(H,23,25)/b12-10-. The highest BCUT2D eigenvalue weighted by molar-refractivity contribution is 6.31. The van der Waals surface area contributed by atoms with E-state index in [1.807, 2.05) is 13.0 Å². The van der Waals surface area contributed by atoms with Gasteiger partial charge < -0.3 is 16.4 Å². The average molecular weight is 355 g/mol. The van der Waals surface area contributed by atoms with Crippen molar-refractivity contribution in [3.63, 3.8) is 0 Å². The summed E-state index contributed by atoms with van der Waals surface area (Å²) in [5.74, 6) is -1.22. The predicted octanol–water partition coefficient (Wildman–Crippen LogP) is 3.21. The summed E-state index contributed by atoms with van der Waals surface area (Å²) in [5.41, 5.74) is 7.09. The van der Waals surface area contributed by atoms with Crippen LogP contribution in [0.2, 0.25) is 5.02 Å². The molecule has 2 aromatic carbocycles. The van der Waals surface area contributed by atoms with Gasteiger partial charge in [0, 0.05) is 16.9 Å². The Bertz CT molecular complexity index is 900.